The molecule has 0 unspecified atom stereocenters. The summed E-state index contributed by atoms with van der Waals surface area (Å²) in [7, 11) is -3.70. The number of anilines is 1. The van der Waals surface area contributed by atoms with Gasteiger partial charge in [0.05, 0.1) is 31.2 Å². The van der Waals surface area contributed by atoms with Crippen LogP contribution in [0.4, 0.5) is 5.69 Å². The standard InChI is InChI=1S/C14H6Cl5NO3.C5H13O3P/c15-5-2-1-3-6(4-5)20-13(21)7-8(14(22)23)10(17)12(19)11(18)9(7)16;1-2-3-4-5-9(6,7)8/h1-4H,(H,20,21)(H,22,23);2-5H2,1H3,(H2,6,7,8). The van der Waals surface area contributed by atoms with Crippen LogP contribution in [-0.4, -0.2) is 32.9 Å². The first-order valence-corrected chi connectivity index (χ1v) is 12.7. The summed E-state index contributed by atoms with van der Waals surface area (Å²) in [6.07, 6.45) is 2.59. The van der Waals surface area contributed by atoms with Gasteiger partial charge >= 0.3 is 13.6 Å². The summed E-state index contributed by atoms with van der Waals surface area (Å²) in [4.78, 5) is 40.6. The monoisotopic (exact) mass is 563 g/mol. The van der Waals surface area contributed by atoms with Crippen molar-refractivity contribution in [3.8, 4) is 0 Å². The van der Waals surface area contributed by atoms with E-state index in [1.165, 1.54) is 6.07 Å². The van der Waals surface area contributed by atoms with E-state index >= 15 is 0 Å². The van der Waals surface area contributed by atoms with E-state index in [9.17, 15) is 19.3 Å². The van der Waals surface area contributed by atoms with Gasteiger partial charge in [0.2, 0.25) is 0 Å². The van der Waals surface area contributed by atoms with Crippen LogP contribution in [0.25, 0.3) is 0 Å². The highest BCUT2D eigenvalue weighted by atomic mass is 35.5. The summed E-state index contributed by atoms with van der Waals surface area (Å²) < 4.78 is 10.2. The van der Waals surface area contributed by atoms with Gasteiger partial charge in [-0.1, -0.05) is 83.8 Å². The number of carbonyl (C=O) groups is 2. The van der Waals surface area contributed by atoms with E-state index in [0.717, 1.165) is 12.8 Å². The quantitative estimate of drug-likeness (QED) is 0.121. The molecule has 2 aromatic carbocycles. The maximum absolute atomic E-state index is 12.4. The highest BCUT2D eigenvalue weighted by Gasteiger charge is 2.28. The second kappa shape index (κ2) is 13.0. The third kappa shape index (κ3) is 8.73. The molecule has 7 nitrogen and oxygen atoms in total. The SMILES string of the molecule is CCCCCP(=O)(O)O.O=C(O)c1c(Cl)c(Cl)c(Cl)c(Cl)c1C(=O)Nc1cccc(Cl)c1. The van der Waals surface area contributed by atoms with Crippen LogP contribution >= 0.6 is 65.6 Å². The topological polar surface area (TPSA) is 124 Å². The molecule has 2 aromatic rings. The number of unbranched alkanes of at least 4 members (excludes halogenated alkanes) is 2. The van der Waals surface area contributed by atoms with E-state index < -0.39 is 30.6 Å². The average molecular weight is 566 g/mol. The Kier molecular flexibility index (Phi) is 11.8. The van der Waals surface area contributed by atoms with E-state index in [0.29, 0.717) is 17.1 Å². The molecule has 0 spiro atoms. The molecular formula is C19H19Cl5NO6P. The Morgan fingerprint density at radius 2 is 1.50 bits per heavy atom. The third-order valence-corrected chi connectivity index (χ3v) is 6.78. The van der Waals surface area contributed by atoms with Crippen molar-refractivity contribution in [1.82, 2.24) is 0 Å². The van der Waals surface area contributed by atoms with Crippen molar-refractivity contribution in [2.75, 3.05) is 11.5 Å². The predicted molar refractivity (Wildman–Crippen MR) is 129 cm³/mol. The summed E-state index contributed by atoms with van der Waals surface area (Å²) in [6, 6.07) is 6.27. The van der Waals surface area contributed by atoms with Crippen molar-refractivity contribution in [1.29, 1.82) is 0 Å². The first kappa shape index (κ1) is 29.0. The second-order valence-electron chi connectivity index (χ2n) is 6.37. The maximum Gasteiger partial charge on any atom is 0.338 e. The molecule has 176 valence electrons. The number of hydrogen-bond donors (Lipinski definition) is 4. The highest BCUT2D eigenvalue weighted by molar-refractivity contribution is 7.51. The zero-order valence-corrected chi connectivity index (χ0v) is 21.2. The molecule has 0 radical (unpaired) electrons. The van der Waals surface area contributed by atoms with Gasteiger partial charge in [0.1, 0.15) is 0 Å². The molecule has 0 saturated carbocycles. The lowest BCUT2D eigenvalue weighted by molar-refractivity contribution is 0.0692. The van der Waals surface area contributed by atoms with Crippen LogP contribution in [0.5, 0.6) is 0 Å². The fourth-order valence-corrected chi connectivity index (χ4v) is 4.22. The number of carboxylic acid groups (broad SMARTS) is 1. The summed E-state index contributed by atoms with van der Waals surface area (Å²) in [6.45, 7) is 2.00. The van der Waals surface area contributed by atoms with Crippen LogP contribution in [0, 0.1) is 0 Å². The van der Waals surface area contributed by atoms with E-state index in [4.69, 9.17) is 67.8 Å². The van der Waals surface area contributed by atoms with Gasteiger partial charge in [-0.05, 0) is 24.6 Å². The van der Waals surface area contributed by atoms with Gasteiger partial charge in [-0.15, -0.1) is 0 Å². The highest BCUT2D eigenvalue weighted by Crippen LogP contribution is 2.42. The van der Waals surface area contributed by atoms with Crippen LogP contribution in [0.2, 0.25) is 25.1 Å². The van der Waals surface area contributed by atoms with E-state index in [1.54, 1.807) is 18.2 Å². The lowest BCUT2D eigenvalue weighted by Crippen LogP contribution is -2.18. The Morgan fingerprint density at radius 1 is 0.938 bits per heavy atom. The predicted octanol–water partition coefficient (Wildman–Crippen LogP) is 7.26. The molecule has 1 amide bonds. The van der Waals surface area contributed by atoms with Gasteiger partial charge in [0.15, 0.2) is 0 Å². The number of benzene rings is 2. The van der Waals surface area contributed by atoms with Crippen LogP contribution in [0.1, 0.15) is 46.9 Å². The number of aromatic carboxylic acids is 1. The molecule has 0 heterocycles. The zero-order valence-electron chi connectivity index (χ0n) is 16.5. The van der Waals surface area contributed by atoms with E-state index in [1.807, 2.05) is 6.92 Å². The van der Waals surface area contributed by atoms with Crippen molar-refractivity contribution in [3.63, 3.8) is 0 Å². The number of halogens is 5. The minimum Gasteiger partial charge on any atom is -0.478 e. The lowest BCUT2D eigenvalue weighted by atomic mass is 10.1. The molecule has 0 atom stereocenters. The number of carboxylic acids is 1. The smallest absolute Gasteiger partial charge is 0.338 e. The second-order valence-corrected chi connectivity index (χ2v) is 10.1. The number of rotatable bonds is 7. The van der Waals surface area contributed by atoms with Gasteiger partial charge < -0.3 is 20.2 Å². The Morgan fingerprint density at radius 3 is 1.97 bits per heavy atom. The molecule has 2 rings (SSSR count). The molecule has 0 fully saturated rings. The van der Waals surface area contributed by atoms with Crippen molar-refractivity contribution < 1.29 is 29.0 Å². The van der Waals surface area contributed by atoms with Gasteiger partial charge in [0, 0.05) is 16.9 Å². The molecule has 0 aliphatic carbocycles. The summed E-state index contributed by atoms with van der Waals surface area (Å²) in [5.74, 6) is -2.28. The van der Waals surface area contributed by atoms with Crippen LogP contribution in [-0.2, 0) is 4.57 Å². The summed E-state index contributed by atoms with van der Waals surface area (Å²) in [5.41, 5.74) is -0.582. The fourth-order valence-electron chi connectivity index (χ4n) is 2.37. The van der Waals surface area contributed by atoms with Crippen LogP contribution < -0.4 is 5.32 Å². The molecule has 32 heavy (non-hydrogen) atoms. The summed E-state index contributed by atoms with van der Waals surface area (Å²) >= 11 is 29.4. The molecule has 13 heteroatoms. The Bertz CT molecular complexity index is 1040. The van der Waals surface area contributed by atoms with Crippen molar-refractivity contribution in [2.45, 2.75) is 26.2 Å². The average Bonchev–Trinajstić information content (AvgIpc) is 2.68. The summed E-state index contributed by atoms with van der Waals surface area (Å²) in [5, 5.41) is 11.0. The molecule has 0 aromatic heterocycles. The zero-order chi connectivity index (χ0) is 24.6. The molecule has 4 N–H and O–H groups in total. The molecule has 0 bridgehead atoms. The van der Waals surface area contributed by atoms with Crippen molar-refractivity contribution >= 4 is 83.2 Å². The number of amides is 1. The minimum atomic E-state index is -3.70. The molecular weight excluding hydrogens is 546 g/mol. The fraction of sp³-hybridized carbons (Fsp3) is 0.263. The molecule has 0 aliphatic rings. The van der Waals surface area contributed by atoms with Crippen LogP contribution in [0.3, 0.4) is 0 Å². The molecule has 0 saturated heterocycles. The first-order chi connectivity index (χ1) is 14.8. The minimum absolute atomic E-state index is 0.0425. The van der Waals surface area contributed by atoms with Gasteiger partial charge in [-0.2, -0.15) is 0 Å². The van der Waals surface area contributed by atoms with Crippen LogP contribution in [0.15, 0.2) is 24.3 Å². The lowest BCUT2D eigenvalue weighted by Gasteiger charge is -2.14. The number of nitrogens with one attached hydrogen (secondary N) is 1. The van der Waals surface area contributed by atoms with Gasteiger partial charge in [-0.25, -0.2) is 4.79 Å². The van der Waals surface area contributed by atoms with Gasteiger partial charge in [0.25, 0.3) is 5.91 Å². The Balaban J connectivity index is 0.000000482. The largest absolute Gasteiger partial charge is 0.478 e. The van der Waals surface area contributed by atoms with Crippen molar-refractivity contribution in [3.05, 3.63) is 60.5 Å². The first-order valence-electron chi connectivity index (χ1n) is 9.00. The van der Waals surface area contributed by atoms with Crippen molar-refractivity contribution in [2.24, 2.45) is 0 Å². The number of hydrogen-bond acceptors (Lipinski definition) is 3. The Labute approximate surface area is 209 Å². The van der Waals surface area contributed by atoms with Gasteiger partial charge in [-0.3, -0.25) is 9.36 Å². The maximum atomic E-state index is 12.4. The third-order valence-electron chi connectivity index (χ3n) is 3.84. The van der Waals surface area contributed by atoms with E-state index in [-0.39, 0.29) is 26.3 Å². The van der Waals surface area contributed by atoms with E-state index in [2.05, 4.69) is 5.32 Å². The normalized spacial score (nSPS) is 10.9. The Hall–Kier alpha value is -1.02. The molecule has 0 aliphatic heterocycles. The number of carbonyl (C=O) groups excluding carboxylic acids is 1.